The second kappa shape index (κ2) is 5.49. The fraction of sp³-hybridized carbons (Fsp3) is 0. The van der Waals surface area contributed by atoms with Gasteiger partial charge < -0.3 is 10.2 Å². The van der Waals surface area contributed by atoms with Crippen LogP contribution in [0.3, 0.4) is 0 Å². The maximum absolute atomic E-state index is 10.1. The van der Waals surface area contributed by atoms with E-state index in [9.17, 15) is 4.79 Å². The van der Waals surface area contributed by atoms with Gasteiger partial charge in [-0.05, 0) is 23.8 Å². The molecule has 64 valence electrons. The Kier molecular flexibility index (Phi) is 5.01. The van der Waals surface area contributed by atoms with E-state index in [-0.39, 0.29) is 25.2 Å². The van der Waals surface area contributed by atoms with Crippen molar-refractivity contribution in [2.24, 2.45) is 0 Å². The van der Waals surface area contributed by atoms with Gasteiger partial charge in [-0.1, -0.05) is 12.1 Å². The van der Waals surface area contributed by atoms with E-state index in [1.807, 2.05) is 0 Å². The van der Waals surface area contributed by atoms with E-state index in [1.165, 1.54) is 18.2 Å². The maximum Gasteiger partial charge on any atom is 0.328 e. The summed E-state index contributed by atoms with van der Waals surface area (Å²) < 4.78 is 0. The van der Waals surface area contributed by atoms with Crippen molar-refractivity contribution in [3.8, 4) is 5.75 Å². The standard InChI is InChI=1S/C9H8O3.Zn/c10-8-4-1-7(2-5-8)3-6-9(11)12;/h1-6,10H,(H,11,12);/b6-3+;. The van der Waals surface area contributed by atoms with Crippen LogP contribution in [0.1, 0.15) is 5.56 Å². The number of carboxylic acid groups (broad SMARTS) is 1. The Morgan fingerprint density at radius 2 is 1.77 bits per heavy atom. The second-order valence-electron chi connectivity index (χ2n) is 2.26. The predicted octanol–water partition coefficient (Wildman–Crippen LogP) is 1.49. The Morgan fingerprint density at radius 3 is 2.23 bits per heavy atom. The Morgan fingerprint density at radius 1 is 1.23 bits per heavy atom. The zero-order chi connectivity index (χ0) is 8.97. The Hall–Kier alpha value is -1.15. The molecule has 13 heavy (non-hydrogen) atoms. The van der Waals surface area contributed by atoms with Crippen LogP contribution in [0.25, 0.3) is 6.08 Å². The first-order valence-electron chi connectivity index (χ1n) is 3.38. The maximum atomic E-state index is 10.1. The van der Waals surface area contributed by atoms with Gasteiger partial charge in [-0.3, -0.25) is 0 Å². The van der Waals surface area contributed by atoms with Crippen molar-refractivity contribution in [3.63, 3.8) is 0 Å². The molecule has 0 aliphatic rings. The summed E-state index contributed by atoms with van der Waals surface area (Å²) in [6, 6.07) is 6.27. The van der Waals surface area contributed by atoms with Gasteiger partial charge in [0.2, 0.25) is 0 Å². The number of phenols is 1. The third kappa shape index (κ3) is 4.43. The van der Waals surface area contributed by atoms with Gasteiger partial charge in [-0.25, -0.2) is 4.79 Å². The van der Waals surface area contributed by atoms with Gasteiger partial charge in [0.05, 0.1) is 0 Å². The number of hydrogen-bond donors (Lipinski definition) is 2. The Bertz CT molecular complexity index is 303. The molecule has 0 saturated heterocycles. The van der Waals surface area contributed by atoms with E-state index in [0.717, 1.165) is 11.6 Å². The molecule has 0 bridgehead atoms. The summed E-state index contributed by atoms with van der Waals surface area (Å²) >= 11 is 0. The molecule has 0 aromatic heterocycles. The molecule has 0 amide bonds. The van der Waals surface area contributed by atoms with Crippen LogP contribution in [0.15, 0.2) is 30.3 Å². The van der Waals surface area contributed by atoms with Crippen LogP contribution in [0, 0.1) is 0 Å². The van der Waals surface area contributed by atoms with Crippen molar-refractivity contribution >= 4 is 12.0 Å². The molecule has 1 rings (SSSR count). The van der Waals surface area contributed by atoms with Crippen molar-refractivity contribution in [3.05, 3.63) is 35.9 Å². The van der Waals surface area contributed by atoms with Gasteiger partial charge in [0.1, 0.15) is 5.75 Å². The zero-order valence-electron chi connectivity index (χ0n) is 6.97. The molecule has 4 heteroatoms. The van der Waals surface area contributed by atoms with Crippen LogP contribution < -0.4 is 0 Å². The molecule has 0 spiro atoms. The normalized spacial score (nSPS) is 9.54. The number of phenolic OH excluding ortho intramolecular Hbond substituents is 1. The number of carboxylic acids is 1. The number of aliphatic carboxylic acids is 1. The fourth-order valence-electron chi connectivity index (χ4n) is 0.753. The van der Waals surface area contributed by atoms with Crippen molar-refractivity contribution in [2.75, 3.05) is 0 Å². The third-order valence-corrected chi connectivity index (χ3v) is 1.31. The average Bonchev–Trinajstić information content (AvgIpc) is 2.03. The van der Waals surface area contributed by atoms with E-state index in [0.29, 0.717) is 0 Å². The first-order valence-corrected chi connectivity index (χ1v) is 3.38. The number of hydrogen-bond acceptors (Lipinski definition) is 2. The number of carbonyl (C=O) groups is 1. The topological polar surface area (TPSA) is 57.5 Å². The summed E-state index contributed by atoms with van der Waals surface area (Å²) in [6.07, 6.45) is 2.51. The van der Waals surface area contributed by atoms with Crippen molar-refractivity contribution in [1.82, 2.24) is 0 Å². The van der Waals surface area contributed by atoms with Crippen molar-refractivity contribution in [1.29, 1.82) is 0 Å². The number of rotatable bonds is 2. The fourth-order valence-corrected chi connectivity index (χ4v) is 0.753. The smallest absolute Gasteiger partial charge is 0.328 e. The summed E-state index contributed by atoms with van der Waals surface area (Å²) in [6.45, 7) is 0. The van der Waals surface area contributed by atoms with Crippen LogP contribution in [-0.2, 0) is 24.3 Å². The monoisotopic (exact) mass is 228 g/mol. The molecule has 1 aromatic carbocycles. The van der Waals surface area contributed by atoms with Gasteiger partial charge in [0.15, 0.2) is 0 Å². The summed E-state index contributed by atoms with van der Waals surface area (Å²) in [4.78, 5) is 10.1. The molecule has 0 aliphatic heterocycles. The van der Waals surface area contributed by atoms with Crippen molar-refractivity contribution in [2.45, 2.75) is 0 Å². The quantitative estimate of drug-likeness (QED) is 0.597. The Labute approximate surface area is 88.5 Å². The minimum atomic E-state index is -0.983. The minimum absolute atomic E-state index is 0. The molecule has 1 aromatic rings. The van der Waals surface area contributed by atoms with Gasteiger partial charge in [0.25, 0.3) is 0 Å². The summed E-state index contributed by atoms with van der Waals surface area (Å²) in [7, 11) is 0. The SMILES string of the molecule is O=C(O)/C=C/c1ccc(O)cc1.[Zn]. The first kappa shape index (κ1) is 11.9. The van der Waals surface area contributed by atoms with E-state index in [4.69, 9.17) is 10.2 Å². The summed E-state index contributed by atoms with van der Waals surface area (Å²) in [5, 5.41) is 17.2. The van der Waals surface area contributed by atoms with Gasteiger partial charge in [0, 0.05) is 25.6 Å². The zero-order valence-corrected chi connectivity index (χ0v) is 9.94. The second-order valence-corrected chi connectivity index (χ2v) is 2.26. The first-order chi connectivity index (χ1) is 5.68. The van der Waals surface area contributed by atoms with Crippen LogP contribution in [0.5, 0.6) is 5.75 Å². The predicted molar refractivity (Wildman–Crippen MR) is 44.8 cm³/mol. The molecule has 0 atom stereocenters. The molecule has 3 nitrogen and oxygen atoms in total. The third-order valence-electron chi connectivity index (χ3n) is 1.31. The largest absolute Gasteiger partial charge is 0.508 e. The van der Waals surface area contributed by atoms with Gasteiger partial charge in [-0.2, -0.15) is 0 Å². The molecule has 2 N–H and O–H groups in total. The molecule has 0 unspecified atom stereocenters. The average molecular weight is 230 g/mol. The minimum Gasteiger partial charge on any atom is -0.508 e. The van der Waals surface area contributed by atoms with Crippen LogP contribution in [0.2, 0.25) is 0 Å². The van der Waals surface area contributed by atoms with E-state index < -0.39 is 5.97 Å². The summed E-state index contributed by atoms with van der Waals surface area (Å²) in [5.74, 6) is -0.814. The van der Waals surface area contributed by atoms with Crippen LogP contribution in [0.4, 0.5) is 0 Å². The number of aromatic hydroxyl groups is 1. The van der Waals surface area contributed by atoms with E-state index in [2.05, 4.69) is 0 Å². The van der Waals surface area contributed by atoms with Crippen molar-refractivity contribution < 1.29 is 34.5 Å². The molecule has 0 aliphatic carbocycles. The van der Waals surface area contributed by atoms with E-state index in [1.54, 1.807) is 12.1 Å². The summed E-state index contributed by atoms with van der Waals surface area (Å²) in [5.41, 5.74) is 0.746. The van der Waals surface area contributed by atoms with Crippen LogP contribution >= 0.6 is 0 Å². The molecule has 0 saturated carbocycles. The Balaban J connectivity index is 0.00000144. The molecule has 0 radical (unpaired) electrons. The van der Waals surface area contributed by atoms with Gasteiger partial charge >= 0.3 is 5.97 Å². The molecule has 0 heterocycles. The number of benzene rings is 1. The molecular formula is C9H8O3Zn. The molecular weight excluding hydrogens is 221 g/mol. The van der Waals surface area contributed by atoms with Gasteiger partial charge in [-0.15, -0.1) is 0 Å². The molecule has 0 fully saturated rings. The van der Waals surface area contributed by atoms with E-state index >= 15 is 0 Å². The van der Waals surface area contributed by atoms with Crippen LogP contribution in [-0.4, -0.2) is 16.2 Å².